The molecule has 2 rings (SSSR count). The van der Waals surface area contributed by atoms with Gasteiger partial charge < -0.3 is 10.4 Å². The number of carboxylic acid groups (broad SMARTS) is 1. The summed E-state index contributed by atoms with van der Waals surface area (Å²) in [6.07, 6.45) is 0. The molecule has 0 aliphatic rings. The summed E-state index contributed by atoms with van der Waals surface area (Å²) in [5.41, 5.74) is 0.731. The summed E-state index contributed by atoms with van der Waals surface area (Å²) in [6.45, 7) is 0. The highest BCUT2D eigenvalue weighted by molar-refractivity contribution is 5.93. The Morgan fingerprint density at radius 3 is 2.53 bits per heavy atom. The minimum Gasteiger partial charge on any atom is -0.478 e. The number of hydrogen-bond acceptors (Lipinski definition) is 3. The molecular weight excluding hydrogens is 254 g/mol. The van der Waals surface area contributed by atoms with E-state index in [1.54, 1.807) is 0 Å². The van der Waals surface area contributed by atoms with Gasteiger partial charge in [-0.15, -0.1) is 0 Å². The van der Waals surface area contributed by atoms with Gasteiger partial charge in [0.2, 0.25) is 0 Å². The summed E-state index contributed by atoms with van der Waals surface area (Å²) >= 11 is 0. The van der Waals surface area contributed by atoms with Crippen molar-refractivity contribution in [2.45, 2.75) is 0 Å². The monoisotopic (exact) mass is 264 g/mol. The van der Waals surface area contributed by atoms with Gasteiger partial charge in [0.05, 0.1) is 5.69 Å². The maximum absolute atomic E-state index is 13.1. The Balaban J connectivity index is 2.51. The predicted octanol–water partition coefficient (Wildman–Crippen LogP) is 2.77. The third-order valence-corrected chi connectivity index (χ3v) is 2.58. The number of hydrogen-bond donors (Lipinski definition) is 2. The van der Waals surface area contributed by atoms with E-state index >= 15 is 0 Å². The highest BCUT2D eigenvalue weighted by Gasteiger charge is 2.13. The third-order valence-electron chi connectivity index (χ3n) is 2.58. The molecule has 0 amide bonds. The fourth-order valence-corrected chi connectivity index (χ4v) is 1.64. The van der Waals surface area contributed by atoms with Gasteiger partial charge in [0.25, 0.3) is 0 Å². The first-order valence-corrected chi connectivity index (χ1v) is 5.40. The summed E-state index contributed by atoms with van der Waals surface area (Å²) in [4.78, 5) is 15.0. The van der Waals surface area contributed by atoms with Crippen LogP contribution in [0.25, 0.3) is 11.3 Å². The summed E-state index contributed by atoms with van der Waals surface area (Å²) in [5.74, 6) is -2.88. The largest absolute Gasteiger partial charge is 0.478 e. The SMILES string of the molecule is CNc1nc(-c2ccc(F)c(F)c2)ccc1C(=O)O. The van der Waals surface area contributed by atoms with E-state index in [1.165, 1.54) is 25.2 Å². The van der Waals surface area contributed by atoms with E-state index in [9.17, 15) is 13.6 Å². The first-order valence-electron chi connectivity index (χ1n) is 5.40. The van der Waals surface area contributed by atoms with Crippen LogP contribution in [0.15, 0.2) is 30.3 Å². The molecule has 6 heteroatoms. The molecule has 4 nitrogen and oxygen atoms in total. The van der Waals surface area contributed by atoms with Gasteiger partial charge in [-0.2, -0.15) is 0 Å². The number of benzene rings is 1. The Hall–Kier alpha value is -2.50. The van der Waals surface area contributed by atoms with Crippen LogP contribution in [0, 0.1) is 11.6 Å². The van der Waals surface area contributed by atoms with Gasteiger partial charge in [-0.1, -0.05) is 0 Å². The molecule has 0 radical (unpaired) electrons. The molecule has 0 saturated carbocycles. The molecule has 19 heavy (non-hydrogen) atoms. The van der Waals surface area contributed by atoms with Gasteiger partial charge >= 0.3 is 5.97 Å². The maximum Gasteiger partial charge on any atom is 0.339 e. The predicted molar refractivity (Wildman–Crippen MR) is 66.1 cm³/mol. The van der Waals surface area contributed by atoms with Crippen molar-refractivity contribution in [2.75, 3.05) is 12.4 Å². The molecule has 0 atom stereocenters. The normalized spacial score (nSPS) is 10.3. The second-order valence-corrected chi connectivity index (χ2v) is 3.78. The highest BCUT2D eigenvalue weighted by Crippen LogP contribution is 2.23. The molecule has 2 aromatic rings. The summed E-state index contributed by atoms with van der Waals surface area (Å²) in [7, 11) is 1.53. The Morgan fingerprint density at radius 2 is 1.95 bits per heavy atom. The second kappa shape index (κ2) is 5.01. The molecule has 0 aliphatic carbocycles. The molecule has 0 fully saturated rings. The molecule has 2 N–H and O–H groups in total. The van der Waals surface area contributed by atoms with Crippen LogP contribution >= 0.6 is 0 Å². The number of anilines is 1. The Kier molecular flexibility index (Phi) is 3.41. The van der Waals surface area contributed by atoms with Gasteiger partial charge in [0, 0.05) is 12.6 Å². The van der Waals surface area contributed by atoms with Crippen LogP contribution in [-0.4, -0.2) is 23.1 Å². The Morgan fingerprint density at radius 1 is 1.21 bits per heavy atom. The molecule has 0 saturated heterocycles. The molecule has 1 aromatic heterocycles. The number of pyridine rings is 1. The fourth-order valence-electron chi connectivity index (χ4n) is 1.64. The van der Waals surface area contributed by atoms with Crippen molar-refractivity contribution in [3.05, 3.63) is 47.5 Å². The fraction of sp³-hybridized carbons (Fsp3) is 0.0769. The average Bonchev–Trinajstić information content (AvgIpc) is 2.41. The van der Waals surface area contributed by atoms with Crippen molar-refractivity contribution >= 4 is 11.8 Å². The Labute approximate surface area is 107 Å². The van der Waals surface area contributed by atoms with E-state index in [1.807, 2.05) is 0 Å². The smallest absolute Gasteiger partial charge is 0.339 e. The molecule has 0 bridgehead atoms. The van der Waals surface area contributed by atoms with Gasteiger partial charge in [0.1, 0.15) is 11.4 Å². The van der Waals surface area contributed by atoms with E-state index < -0.39 is 17.6 Å². The topological polar surface area (TPSA) is 62.2 Å². The zero-order chi connectivity index (χ0) is 14.0. The van der Waals surface area contributed by atoms with Crippen LogP contribution in [0.1, 0.15) is 10.4 Å². The van der Waals surface area contributed by atoms with Crippen LogP contribution < -0.4 is 5.32 Å². The lowest BCUT2D eigenvalue weighted by molar-refractivity contribution is 0.0697. The minimum absolute atomic E-state index is 0.00818. The van der Waals surface area contributed by atoms with Crippen LogP contribution in [0.4, 0.5) is 14.6 Å². The average molecular weight is 264 g/mol. The number of aromatic carboxylic acids is 1. The van der Waals surface area contributed by atoms with E-state index in [0.717, 1.165) is 12.1 Å². The Bertz CT molecular complexity index is 645. The van der Waals surface area contributed by atoms with E-state index in [-0.39, 0.29) is 11.4 Å². The highest BCUT2D eigenvalue weighted by atomic mass is 19.2. The number of carbonyl (C=O) groups is 1. The maximum atomic E-state index is 13.1. The number of nitrogens with one attached hydrogen (secondary N) is 1. The lowest BCUT2D eigenvalue weighted by atomic mass is 10.1. The van der Waals surface area contributed by atoms with Crippen LogP contribution in [-0.2, 0) is 0 Å². The number of rotatable bonds is 3. The van der Waals surface area contributed by atoms with Crippen molar-refractivity contribution < 1.29 is 18.7 Å². The van der Waals surface area contributed by atoms with Crippen LogP contribution in [0.2, 0.25) is 0 Å². The van der Waals surface area contributed by atoms with Crippen molar-refractivity contribution in [3.8, 4) is 11.3 Å². The molecular formula is C13H10F2N2O2. The summed E-state index contributed by atoms with van der Waals surface area (Å²) in [5, 5.41) is 11.6. The lowest BCUT2D eigenvalue weighted by Gasteiger charge is -2.07. The minimum atomic E-state index is -1.12. The standard InChI is InChI=1S/C13H10F2N2O2/c1-16-12-8(13(18)19)3-5-11(17-12)7-2-4-9(14)10(15)6-7/h2-6H,1H3,(H,16,17)(H,18,19). The molecule has 1 aromatic carbocycles. The molecule has 98 valence electrons. The lowest BCUT2D eigenvalue weighted by Crippen LogP contribution is -2.05. The van der Waals surface area contributed by atoms with E-state index in [4.69, 9.17) is 5.11 Å². The van der Waals surface area contributed by atoms with Crippen molar-refractivity contribution in [1.82, 2.24) is 4.98 Å². The first kappa shape index (κ1) is 12.9. The molecule has 0 spiro atoms. The molecule has 1 heterocycles. The van der Waals surface area contributed by atoms with E-state index in [2.05, 4.69) is 10.3 Å². The number of aromatic nitrogens is 1. The van der Waals surface area contributed by atoms with Crippen LogP contribution in [0.3, 0.4) is 0 Å². The van der Waals surface area contributed by atoms with E-state index in [0.29, 0.717) is 11.3 Å². The zero-order valence-corrected chi connectivity index (χ0v) is 9.95. The third kappa shape index (κ3) is 2.52. The van der Waals surface area contributed by atoms with Gasteiger partial charge in [0.15, 0.2) is 11.6 Å². The first-order chi connectivity index (χ1) is 9.02. The number of halogens is 2. The van der Waals surface area contributed by atoms with Crippen LogP contribution in [0.5, 0.6) is 0 Å². The summed E-state index contributed by atoms with van der Waals surface area (Å²) in [6, 6.07) is 6.18. The number of nitrogens with zero attached hydrogens (tertiary/aromatic N) is 1. The molecule has 0 unspecified atom stereocenters. The number of carboxylic acids is 1. The van der Waals surface area contributed by atoms with Gasteiger partial charge in [-0.05, 0) is 30.3 Å². The van der Waals surface area contributed by atoms with Crippen molar-refractivity contribution in [3.63, 3.8) is 0 Å². The quantitative estimate of drug-likeness (QED) is 0.894. The van der Waals surface area contributed by atoms with Gasteiger partial charge in [-0.25, -0.2) is 18.6 Å². The zero-order valence-electron chi connectivity index (χ0n) is 9.95. The second-order valence-electron chi connectivity index (χ2n) is 3.78. The molecule has 0 aliphatic heterocycles. The van der Waals surface area contributed by atoms with Crippen molar-refractivity contribution in [2.24, 2.45) is 0 Å². The van der Waals surface area contributed by atoms with Crippen molar-refractivity contribution in [1.29, 1.82) is 0 Å². The van der Waals surface area contributed by atoms with Gasteiger partial charge in [-0.3, -0.25) is 0 Å². The summed E-state index contributed by atoms with van der Waals surface area (Å²) < 4.78 is 26.0.